The Morgan fingerprint density at radius 3 is 2.83 bits per heavy atom. The van der Waals surface area contributed by atoms with Gasteiger partial charge in [0, 0.05) is 19.7 Å². The molecule has 0 unspecified atom stereocenters. The zero-order valence-electron chi connectivity index (χ0n) is 13.8. The van der Waals surface area contributed by atoms with Crippen LogP contribution in [0.4, 0.5) is 5.82 Å². The lowest BCUT2D eigenvalue weighted by Crippen LogP contribution is -2.20. The fourth-order valence-electron chi connectivity index (χ4n) is 3.11. The molecule has 2 aromatic heterocycles. The Bertz CT molecular complexity index is 826. The molecule has 0 saturated heterocycles. The van der Waals surface area contributed by atoms with E-state index in [1.807, 2.05) is 6.07 Å². The molecule has 1 N–H and O–H groups in total. The number of benzene rings is 1. The highest BCUT2D eigenvalue weighted by Gasteiger charge is 2.42. The molecule has 1 fully saturated rings. The van der Waals surface area contributed by atoms with Gasteiger partial charge in [-0.3, -0.25) is 0 Å². The smallest absolute Gasteiger partial charge is 0.254 e. The van der Waals surface area contributed by atoms with Gasteiger partial charge < -0.3 is 10.1 Å². The van der Waals surface area contributed by atoms with E-state index in [1.165, 1.54) is 24.7 Å². The summed E-state index contributed by atoms with van der Waals surface area (Å²) in [5, 5.41) is 7.83. The highest BCUT2D eigenvalue weighted by atomic mass is 16.5. The van der Waals surface area contributed by atoms with Gasteiger partial charge in [0.25, 0.3) is 5.78 Å². The first-order valence-corrected chi connectivity index (χ1v) is 8.24. The van der Waals surface area contributed by atoms with Gasteiger partial charge in [-0.1, -0.05) is 30.3 Å². The van der Waals surface area contributed by atoms with Gasteiger partial charge in [-0.15, -0.1) is 0 Å². The number of fused-ring (bicyclic) bond motifs is 1. The molecular weight excluding hydrogens is 302 g/mol. The van der Waals surface area contributed by atoms with Gasteiger partial charge in [-0.05, 0) is 30.2 Å². The monoisotopic (exact) mass is 323 g/mol. The first-order chi connectivity index (χ1) is 11.8. The van der Waals surface area contributed by atoms with Crippen LogP contribution in [0.25, 0.3) is 5.78 Å². The van der Waals surface area contributed by atoms with Gasteiger partial charge in [-0.25, -0.2) is 4.98 Å². The lowest BCUT2D eigenvalue weighted by Gasteiger charge is -2.17. The zero-order valence-corrected chi connectivity index (χ0v) is 13.8. The molecule has 1 saturated carbocycles. The molecular formula is C18H21N5O. The van der Waals surface area contributed by atoms with E-state index in [2.05, 4.69) is 50.7 Å². The van der Waals surface area contributed by atoms with E-state index >= 15 is 0 Å². The maximum Gasteiger partial charge on any atom is 0.254 e. The minimum Gasteiger partial charge on any atom is -0.378 e. The van der Waals surface area contributed by atoms with Gasteiger partial charge >= 0.3 is 0 Å². The van der Waals surface area contributed by atoms with Crippen LogP contribution in [0.15, 0.2) is 42.7 Å². The number of aromatic nitrogens is 4. The van der Waals surface area contributed by atoms with Crippen molar-refractivity contribution in [3.63, 3.8) is 0 Å². The summed E-state index contributed by atoms with van der Waals surface area (Å²) in [6.07, 6.45) is 5.15. The van der Waals surface area contributed by atoms with Crippen molar-refractivity contribution in [3.8, 4) is 0 Å². The second-order valence-corrected chi connectivity index (χ2v) is 6.55. The Balaban J connectivity index is 1.51. The predicted octanol–water partition coefficient (Wildman–Crippen LogP) is 2.71. The third kappa shape index (κ3) is 3.10. The molecule has 1 aromatic carbocycles. The molecule has 0 amide bonds. The van der Waals surface area contributed by atoms with E-state index in [0.29, 0.717) is 17.8 Å². The SMILES string of the molecule is COCc1cc(NCC2(Cc3ccccc3)CC2)n2ncnc2n1. The lowest BCUT2D eigenvalue weighted by atomic mass is 9.96. The number of nitrogens with zero attached hydrogens (tertiary/aromatic N) is 4. The fourth-order valence-corrected chi connectivity index (χ4v) is 3.11. The molecule has 1 aliphatic rings. The van der Waals surface area contributed by atoms with E-state index < -0.39 is 0 Å². The molecule has 0 radical (unpaired) electrons. The van der Waals surface area contributed by atoms with E-state index in [0.717, 1.165) is 24.5 Å². The van der Waals surface area contributed by atoms with Crippen LogP contribution in [0.2, 0.25) is 0 Å². The van der Waals surface area contributed by atoms with Crippen molar-refractivity contribution in [2.24, 2.45) is 5.41 Å². The Morgan fingerprint density at radius 1 is 1.25 bits per heavy atom. The molecule has 0 atom stereocenters. The molecule has 2 heterocycles. The van der Waals surface area contributed by atoms with Crippen molar-refractivity contribution in [2.75, 3.05) is 19.0 Å². The van der Waals surface area contributed by atoms with Crippen molar-refractivity contribution in [2.45, 2.75) is 25.9 Å². The second-order valence-electron chi connectivity index (χ2n) is 6.55. The minimum atomic E-state index is 0.346. The summed E-state index contributed by atoms with van der Waals surface area (Å²) in [5.41, 5.74) is 2.60. The second kappa shape index (κ2) is 6.20. The fraction of sp³-hybridized carbons (Fsp3) is 0.389. The van der Waals surface area contributed by atoms with Crippen molar-refractivity contribution in [1.82, 2.24) is 19.6 Å². The van der Waals surface area contributed by atoms with Crippen LogP contribution in [0.3, 0.4) is 0 Å². The molecule has 0 spiro atoms. The maximum absolute atomic E-state index is 5.20. The van der Waals surface area contributed by atoms with Crippen molar-refractivity contribution >= 4 is 11.6 Å². The topological polar surface area (TPSA) is 64.3 Å². The summed E-state index contributed by atoms with van der Waals surface area (Å²) in [6.45, 7) is 1.39. The Labute approximate surface area is 140 Å². The Hall–Kier alpha value is -2.47. The number of rotatable bonds is 7. The number of anilines is 1. The highest BCUT2D eigenvalue weighted by Crippen LogP contribution is 2.48. The normalized spacial score (nSPS) is 15.5. The van der Waals surface area contributed by atoms with Crippen LogP contribution < -0.4 is 5.32 Å². The molecule has 0 aliphatic heterocycles. The summed E-state index contributed by atoms with van der Waals surface area (Å²) in [4.78, 5) is 8.63. The van der Waals surface area contributed by atoms with Crippen molar-refractivity contribution in [1.29, 1.82) is 0 Å². The third-order valence-electron chi connectivity index (χ3n) is 4.62. The summed E-state index contributed by atoms with van der Waals surface area (Å²) in [5.74, 6) is 1.52. The van der Waals surface area contributed by atoms with E-state index in [9.17, 15) is 0 Å². The third-order valence-corrected chi connectivity index (χ3v) is 4.62. The van der Waals surface area contributed by atoms with Crippen LogP contribution in [0.5, 0.6) is 0 Å². The largest absolute Gasteiger partial charge is 0.378 e. The molecule has 24 heavy (non-hydrogen) atoms. The molecule has 1 aliphatic carbocycles. The van der Waals surface area contributed by atoms with E-state index in [1.54, 1.807) is 11.6 Å². The quantitative estimate of drug-likeness (QED) is 0.724. The number of methoxy groups -OCH3 is 1. The Morgan fingerprint density at radius 2 is 2.08 bits per heavy atom. The molecule has 6 heteroatoms. The molecule has 0 bridgehead atoms. The van der Waals surface area contributed by atoms with Crippen LogP contribution in [-0.2, 0) is 17.8 Å². The van der Waals surface area contributed by atoms with Crippen LogP contribution in [0.1, 0.15) is 24.1 Å². The predicted molar refractivity (Wildman–Crippen MR) is 91.8 cm³/mol. The maximum atomic E-state index is 5.20. The van der Waals surface area contributed by atoms with E-state index in [4.69, 9.17) is 4.74 Å². The minimum absolute atomic E-state index is 0.346. The average molecular weight is 323 g/mol. The van der Waals surface area contributed by atoms with Crippen molar-refractivity contribution < 1.29 is 4.74 Å². The average Bonchev–Trinajstić information content (AvgIpc) is 3.18. The van der Waals surface area contributed by atoms with Crippen LogP contribution in [0, 0.1) is 5.41 Å². The number of ether oxygens (including phenoxy) is 1. The van der Waals surface area contributed by atoms with Gasteiger partial charge in [0.1, 0.15) is 12.1 Å². The van der Waals surface area contributed by atoms with Gasteiger partial charge in [0.15, 0.2) is 0 Å². The molecule has 6 nitrogen and oxygen atoms in total. The van der Waals surface area contributed by atoms with Crippen molar-refractivity contribution in [3.05, 3.63) is 54.0 Å². The first kappa shape index (κ1) is 15.1. The van der Waals surface area contributed by atoms with Gasteiger partial charge in [0.2, 0.25) is 0 Å². The molecule has 124 valence electrons. The highest BCUT2D eigenvalue weighted by molar-refractivity contribution is 5.45. The van der Waals surface area contributed by atoms with Crippen LogP contribution in [-0.4, -0.2) is 33.2 Å². The van der Waals surface area contributed by atoms with Crippen LogP contribution >= 0.6 is 0 Å². The molecule has 4 rings (SSSR count). The Kier molecular flexibility index (Phi) is 3.90. The summed E-state index contributed by atoms with van der Waals surface area (Å²) in [7, 11) is 1.67. The zero-order chi connectivity index (χ0) is 16.4. The van der Waals surface area contributed by atoms with Gasteiger partial charge in [0.05, 0.1) is 12.3 Å². The number of nitrogens with one attached hydrogen (secondary N) is 1. The molecule has 3 aromatic rings. The standard InChI is InChI=1S/C18H21N5O/c1-24-11-15-9-16(23-17(22-15)20-13-21-23)19-12-18(7-8-18)10-14-5-3-2-4-6-14/h2-6,9,13,19H,7-8,10-12H2,1H3. The summed E-state index contributed by atoms with van der Waals surface area (Å²) in [6, 6.07) is 12.7. The number of hydrogen-bond donors (Lipinski definition) is 1. The first-order valence-electron chi connectivity index (χ1n) is 8.24. The lowest BCUT2D eigenvalue weighted by molar-refractivity contribution is 0.181. The van der Waals surface area contributed by atoms with Gasteiger partial charge in [-0.2, -0.15) is 14.6 Å². The summed E-state index contributed by atoms with van der Waals surface area (Å²) < 4.78 is 6.95. The number of hydrogen-bond acceptors (Lipinski definition) is 5. The van der Waals surface area contributed by atoms with E-state index in [-0.39, 0.29) is 0 Å². The summed E-state index contributed by atoms with van der Waals surface area (Å²) >= 11 is 0.